The van der Waals surface area contributed by atoms with Crippen molar-refractivity contribution in [2.45, 2.75) is 9.92 Å². The minimum atomic E-state index is -3.36. The summed E-state index contributed by atoms with van der Waals surface area (Å²) < 4.78 is 23.0. The second-order valence-corrected chi connectivity index (χ2v) is 7.84. The van der Waals surface area contributed by atoms with E-state index in [9.17, 15) is 13.2 Å². The Balaban J connectivity index is 2.05. The molecule has 0 aliphatic rings. The number of anilines is 1. The molecule has 0 radical (unpaired) electrons. The predicted octanol–water partition coefficient (Wildman–Crippen LogP) is 2.87. The molecule has 1 aromatic carbocycles. The van der Waals surface area contributed by atoms with Crippen LogP contribution < -0.4 is 5.32 Å². The number of benzene rings is 1. The fourth-order valence-electron chi connectivity index (χ4n) is 1.59. The standard InChI is InChI=1S/C14H13ClN2O3S2/c1-22(19,20)10-5-6-11(15)12(8-10)17-13(18)9-21-14-4-2-3-7-16-14/h2-8H,9H2,1H3,(H,17,18). The lowest BCUT2D eigenvalue weighted by Crippen LogP contribution is -2.15. The second kappa shape index (κ2) is 7.13. The van der Waals surface area contributed by atoms with Crippen LogP contribution in [0.2, 0.25) is 5.02 Å². The van der Waals surface area contributed by atoms with E-state index in [4.69, 9.17) is 11.6 Å². The highest BCUT2D eigenvalue weighted by Crippen LogP contribution is 2.25. The topological polar surface area (TPSA) is 76.1 Å². The fourth-order valence-corrected chi connectivity index (χ4v) is 3.06. The average molecular weight is 357 g/mol. The molecule has 0 atom stereocenters. The van der Waals surface area contributed by atoms with Gasteiger partial charge in [-0.1, -0.05) is 29.4 Å². The van der Waals surface area contributed by atoms with Gasteiger partial charge in [-0.3, -0.25) is 4.79 Å². The zero-order valence-electron chi connectivity index (χ0n) is 11.6. The predicted molar refractivity (Wildman–Crippen MR) is 88.2 cm³/mol. The Hall–Kier alpha value is -1.57. The molecule has 2 rings (SSSR count). The van der Waals surface area contributed by atoms with Gasteiger partial charge in [-0.05, 0) is 30.3 Å². The summed E-state index contributed by atoms with van der Waals surface area (Å²) in [5.74, 6) is -0.139. The second-order valence-electron chi connectivity index (χ2n) is 4.42. The molecule has 5 nitrogen and oxygen atoms in total. The summed E-state index contributed by atoms with van der Waals surface area (Å²) in [6.45, 7) is 0. The van der Waals surface area contributed by atoms with Crippen LogP contribution in [-0.2, 0) is 14.6 Å². The van der Waals surface area contributed by atoms with Gasteiger partial charge in [-0.2, -0.15) is 0 Å². The molecule has 1 heterocycles. The summed E-state index contributed by atoms with van der Waals surface area (Å²) in [4.78, 5) is 16.1. The number of sulfone groups is 1. The molecule has 116 valence electrons. The van der Waals surface area contributed by atoms with E-state index in [1.54, 1.807) is 18.3 Å². The van der Waals surface area contributed by atoms with Crippen LogP contribution in [0.5, 0.6) is 0 Å². The molecule has 0 aliphatic carbocycles. The molecule has 2 aromatic rings. The lowest BCUT2D eigenvalue weighted by atomic mass is 10.3. The van der Waals surface area contributed by atoms with E-state index in [2.05, 4.69) is 10.3 Å². The molecule has 0 aliphatic heterocycles. The van der Waals surface area contributed by atoms with E-state index >= 15 is 0 Å². The van der Waals surface area contributed by atoms with Crippen LogP contribution in [0.3, 0.4) is 0 Å². The van der Waals surface area contributed by atoms with Crippen molar-refractivity contribution in [3.63, 3.8) is 0 Å². The molecule has 0 saturated carbocycles. The zero-order chi connectivity index (χ0) is 16.2. The van der Waals surface area contributed by atoms with Crippen molar-refractivity contribution in [1.29, 1.82) is 0 Å². The Morgan fingerprint density at radius 2 is 2.09 bits per heavy atom. The third-order valence-electron chi connectivity index (χ3n) is 2.63. The van der Waals surface area contributed by atoms with Crippen molar-refractivity contribution in [3.8, 4) is 0 Å². The van der Waals surface area contributed by atoms with Crippen molar-refractivity contribution in [2.24, 2.45) is 0 Å². The minimum Gasteiger partial charge on any atom is -0.324 e. The molecule has 8 heteroatoms. The third-order valence-corrected chi connectivity index (χ3v) is 5.01. The number of carbonyl (C=O) groups excluding carboxylic acids is 1. The number of hydrogen-bond donors (Lipinski definition) is 1. The molecule has 0 spiro atoms. The van der Waals surface area contributed by atoms with Gasteiger partial charge in [-0.25, -0.2) is 13.4 Å². The normalized spacial score (nSPS) is 11.2. The summed E-state index contributed by atoms with van der Waals surface area (Å²) in [6.07, 6.45) is 2.74. The number of nitrogens with one attached hydrogen (secondary N) is 1. The molecular formula is C14H13ClN2O3S2. The molecule has 1 amide bonds. The first-order valence-electron chi connectivity index (χ1n) is 6.19. The van der Waals surface area contributed by atoms with E-state index < -0.39 is 9.84 Å². The highest BCUT2D eigenvalue weighted by Gasteiger charge is 2.12. The summed E-state index contributed by atoms with van der Waals surface area (Å²) >= 11 is 7.26. The quantitative estimate of drug-likeness (QED) is 0.833. The number of aromatic nitrogens is 1. The number of amides is 1. The van der Waals surface area contributed by atoms with Crippen molar-refractivity contribution >= 4 is 44.8 Å². The SMILES string of the molecule is CS(=O)(=O)c1ccc(Cl)c(NC(=O)CSc2ccccn2)c1. The maximum absolute atomic E-state index is 11.9. The Kier molecular flexibility index (Phi) is 5.44. The summed E-state index contributed by atoms with van der Waals surface area (Å²) in [6, 6.07) is 9.62. The molecule has 0 bridgehead atoms. The third kappa shape index (κ3) is 4.72. The Morgan fingerprint density at radius 1 is 1.32 bits per heavy atom. The van der Waals surface area contributed by atoms with E-state index in [0.717, 1.165) is 11.3 Å². The number of carbonyl (C=O) groups is 1. The summed E-state index contributed by atoms with van der Waals surface area (Å²) in [5, 5.41) is 3.62. The maximum Gasteiger partial charge on any atom is 0.234 e. The average Bonchev–Trinajstić information content (AvgIpc) is 2.47. The smallest absolute Gasteiger partial charge is 0.234 e. The maximum atomic E-state index is 11.9. The number of rotatable bonds is 5. The van der Waals surface area contributed by atoms with Crippen molar-refractivity contribution in [1.82, 2.24) is 4.98 Å². The van der Waals surface area contributed by atoms with Gasteiger partial charge in [0.1, 0.15) is 0 Å². The fraction of sp³-hybridized carbons (Fsp3) is 0.143. The van der Waals surface area contributed by atoms with Crippen LogP contribution in [0.4, 0.5) is 5.69 Å². The monoisotopic (exact) mass is 356 g/mol. The van der Waals surface area contributed by atoms with Gasteiger partial charge in [0.25, 0.3) is 0 Å². The van der Waals surface area contributed by atoms with Gasteiger partial charge in [0.05, 0.1) is 26.4 Å². The summed E-state index contributed by atoms with van der Waals surface area (Å²) in [7, 11) is -3.36. The Bertz CT molecular complexity index is 780. The van der Waals surface area contributed by atoms with Crippen LogP contribution >= 0.6 is 23.4 Å². The van der Waals surface area contributed by atoms with Gasteiger partial charge in [0.15, 0.2) is 9.84 Å². The van der Waals surface area contributed by atoms with Crippen LogP contribution in [-0.4, -0.2) is 31.3 Å². The van der Waals surface area contributed by atoms with E-state index in [1.165, 1.54) is 30.0 Å². The Morgan fingerprint density at radius 3 is 2.73 bits per heavy atom. The zero-order valence-corrected chi connectivity index (χ0v) is 14.0. The van der Waals surface area contributed by atoms with Crippen molar-refractivity contribution in [3.05, 3.63) is 47.6 Å². The highest BCUT2D eigenvalue weighted by molar-refractivity contribution is 7.99. The molecule has 0 saturated heterocycles. The molecule has 1 aromatic heterocycles. The van der Waals surface area contributed by atoms with Crippen molar-refractivity contribution in [2.75, 3.05) is 17.3 Å². The number of thioether (sulfide) groups is 1. The van der Waals surface area contributed by atoms with Crippen LogP contribution in [0.15, 0.2) is 52.5 Å². The lowest BCUT2D eigenvalue weighted by molar-refractivity contribution is -0.113. The first-order valence-corrected chi connectivity index (χ1v) is 9.45. The van der Waals surface area contributed by atoms with Crippen LogP contribution in [0.25, 0.3) is 0 Å². The van der Waals surface area contributed by atoms with Crippen LogP contribution in [0.1, 0.15) is 0 Å². The van der Waals surface area contributed by atoms with Gasteiger partial charge >= 0.3 is 0 Å². The summed E-state index contributed by atoms with van der Waals surface area (Å²) in [5.41, 5.74) is 0.274. The number of nitrogens with zero attached hydrogens (tertiary/aromatic N) is 1. The first-order chi connectivity index (χ1) is 10.4. The number of halogens is 1. The van der Waals surface area contributed by atoms with Gasteiger partial charge in [0.2, 0.25) is 5.91 Å². The van der Waals surface area contributed by atoms with Crippen molar-refractivity contribution < 1.29 is 13.2 Å². The van der Waals surface area contributed by atoms with E-state index in [1.807, 2.05) is 6.07 Å². The van der Waals surface area contributed by atoms with E-state index in [0.29, 0.717) is 0 Å². The minimum absolute atomic E-state index is 0.101. The molecule has 0 unspecified atom stereocenters. The van der Waals surface area contributed by atoms with Crippen LogP contribution in [0, 0.1) is 0 Å². The number of hydrogen-bond acceptors (Lipinski definition) is 5. The van der Waals surface area contributed by atoms with E-state index in [-0.39, 0.29) is 27.3 Å². The molecule has 1 N–H and O–H groups in total. The largest absolute Gasteiger partial charge is 0.324 e. The lowest BCUT2D eigenvalue weighted by Gasteiger charge is -2.08. The van der Waals surface area contributed by atoms with Gasteiger partial charge < -0.3 is 5.32 Å². The molecule has 0 fully saturated rings. The van der Waals surface area contributed by atoms with Gasteiger partial charge in [-0.15, -0.1) is 0 Å². The molecular weight excluding hydrogens is 344 g/mol. The molecule has 22 heavy (non-hydrogen) atoms. The Labute approximate surface area is 138 Å². The number of pyridine rings is 1. The highest BCUT2D eigenvalue weighted by atomic mass is 35.5. The first kappa shape index (κ1) is 16.8. The van der Waals surface area contributed by atoms with Gasteiger partial charge in [0, 0.05) is 12.5 Å².